The van der Waals surface area contributed by atoms with E-state index in [1.165, 1.54) is 24.5 Å². The number of phenolic OH excluding ortho intramolecular Hbond substituents is 1. The van der Waals surface area contributed by atoms with Crippen molar-refractivity contribution in [3.63, 3.8) is 0 Å². The lowest BCUT2D eigenvalue weighted by atomic mass is 9.95. The van der Waals surface area contributed by atoms with Gasteiger partial charge in [-0.25, -0.2) is 5.01 Å². The Kier molecular flexibility index (Phi) is 6.19. The molecule has 35 heavy (non-hydrogen) atoms. The summed E-state index contributed by atoms with van der Waals surface area (Å²) in [4.78, 5) is 25.8. The van der Waals surface area contributed by atoms with Crippen LogP contribution in [0.2, 0.25) is 5.02 Å². The SMILES string of the molecule is COc1cc(C2C(Cl)C(=O)N2NC(=O)c2sc3ccc(Oc4ccccc4)cc3c2Cl)ccc1O. The fourth-order valence-corrected chi connectivity index (χ4v) is 5.56. The van der Waals surface area contributed by atoms with Gasteiger partial charge in [-0.15, -0.1) is 22.9 Å². The van der Waals surface area contributed by atoms with E-state index in [2.05, 4.69) is 5.43 Å². The van der Waals surface area contributed by atoms with Gasteiger partial charge in [0.1, 0.15) is 27.8 Å². The molecular formula is C25H18Cl2N2O5S. The molecule has 3 aromatic carbocycles. The maximum Gasteiger partial charge on any atom is 0.281 e. The van der Waals surface area contributed by atoms with Crippen LogP contribution in [0.1, 0.15) is 21.3 Å². The van der Waals surface area contributed by atoms with Gasteiger partial charge in [-0.3, -0.25) is 15.0 Å². The van der Waals surface area contributed by atoms with Crippen molar-refractivity contribution in [2.24, 2.45) is 0 Å². The number of hydrazine groups is 1. The summed E-state index contributed by atoms with van der Waals surface area (Å²) in [5.74, 6) is 0.469. The Morgan fingerprint density at radius 2 is 1.86 bits per heavy atom. The van der Waals surface area contributed by atoms with Crippen molar-refractivity contribution in [1.29, 1.82) is 0 Å². The maximum absolute atomic E-state index is 13.1. The summed E-state index contributed by atoms with van der Waals surface area (Å²) < 4.78 is 11.8. The number of carbonyl (C=O) groups is 2. The van der Waals surface area contributed by atoms with Crippen LogP contribution in [0.3, 0.4) is 0 Å². The molecule has 10 heteroatoms. The number of hydrogen-bond donors (Lipinski definition) is 2. The Hall–Kier alpha value is -3.46. The number of fused-ring (bicyclic) bond motifs is 1. The molecule has 2 atom stereocenters. The molecular weight excluding hydrogens is 511 g/mol. The van der Waals surface area contributed by atoms with Crippen molar-refractivity contribution in [2.45, 2.75) is 11.4 Å². The third-order valence-electron chi connectivity index (χ3n) is 5.58. The summed E-state index contributed by atoms with van der Waals surface area (Å²) in [6, 6.07) is 18.7. The van der Waals surface area contributed by atoms with Gasteiger partial charge in [-0.1, -0.05) is 35.9 Å². The Bertz CT molecular complexity index is 1440. The van der Waals surface area contributed by atoms with Crippen LogP contribution in [0.5, 0.6) is 23.0 Å². The molecule has 2 heterocycles. The van der Waals surface area contributed by atoms with E-state index in [1.54, 1.807) is 24.3 Å². The maximum atomic E-state index is 13.1. The highest BCUT2D eigenvalue weighted by atomic mass is 35.5. The lowest BCUT2D eigenvalue weighted by molar-refractivity contribution is -0.149. The number of nitrogens with zero attached hydrogens (tertiary/aromatic N) is 1. The monoisotopic (exact) mass is 528 g/mol. The first-order valence-corrected chi connectivity index (χ1v) is 12.1. The molecule has 5 rings (SSSR count). The van der Waals surface area contributed by atoms with E-state index in [-0.39, 0.29) is 21.4 Å². The van der Waals surface area contributed by atoms with Gasteiger partial charge in [0.15, 0.2) is 11.5 Å². The number of alkyl halides is 1. The first-order valence-electron chi connectivity index (χ1n) is 10.5. The summed E-state index contributed by atoms with van der Waals surface area (Å²) in [5, 5.41) is 11.1. The molecule has 4 aromatic rings. The molecule has 2 amide bonds. The number of rotatable bonds is 6. The Morgan fingerprint density at radius 1 is 1.09 bits per heavy atom. The van der Waals surface area contributed by atoms with Gasteiger partial charge < -0.3 is 14.6 Å². The molecule has 0 bridgehead atoms. The molecule has 1 aliphatic heterocycles. The number of methoxy groups -OCH3 is 1. The van der Waals surface area contributed by atoms with E-state index in [0.717, 1.165) is 9.71 Å². The van der Waals surface area contributed by atoms with E-state index in [0.29, 0.717) is 22.4 Å². The lowest BCUT2D eigenvalue weighted by Crippen LogP contribution is -2.63. The van der Waals surface area contributed by atoms with Crippen LogP contribution in [0.25, 0.3) is 10.1 Å². The smallest absolute Gasteiger partial charge is 0.281 e. The topological polar surface area (TPSA) is 88.1 Å². The number of para-hydroxylation sites is 1. The fourth-order valence-electron chi connectivity index (χ4n) is 3.82. The number of halogens is 2. The molecule has 1 fully saturated rings. The average Bonchev–Trinajstić information content (AvgIpc) is 3.20. The average molecular weight is 529 g/mol. The molecule has 7 nitrogen and oxygen atoms in total. The summed E-state index contributed by atoms with van der Waals surface area (Å²) in [7, 11) is 1.42. The zero-order valence-electron chi connectivity index (χ0n) is 18.2. The van der Waals surface area contributed by atoms with Gasteiger partial charge in [0, 0.05) is 10.1 Å². The Morgan fingerprint density at radius 3 is 2.60 bits per heavy atom. The van der Waals surface area contributed by atoms with Crippen molar-refractivity contribution in [2.75, 3.05) is 7.11 Å². The van der Waals surface area contributed by atoms with Crippen LogP contribution >= 0.6 is 34.5 Å². The minimum absolute atomic E-state index is 0.0451. The summed E-state index contributed by atoms with van der Waals surface area (Å²) in [6.07, 6.45) is 0. The first kappa shape index (κ1) is 23.3. The number of ether oxygens (including phenoxy) is 2. The van der Waals surface area contributed by atoms with Gasteiger partial charge in [0.25, 0.3) is 11.8 Å². The van der Waals surface area contributed by atoms with Crippen LogP contribution in [0.15, 0.2) is 66.7 Å². The molecule has 1 aromatic heterocycles. The van der Waals surface area contributed by atoms with Gasteiger partial charge >= 0.3 is 0 Å². The standard InChI is InChI=1S/C25H18Cl2N2O5S/c1-33-18-11-13(7-9-17(18)30)22-21(27)25(32)29(22)28-24(31)23-20(26)16-12-15(8-10-19(16)35-23)34-14-5-3-2-4-6-14/h2-12,21-22,30H,1H3,(H,28,31). The van der Waals surface area contributed by atoms with E-state index in [4.69, 9.17) is 32.7 Å². The van der Waals surface area contributed by atoms with E-state index in [9.17, 15) is 14.7 Å². The van der Waals surface area contributed by atoms with Crippen LogP contribution < -0.4 is 14.9 Å². The third-order valence-corrected chi connectivity index (χ3v) is 7.68. The second kappa shape index (κ2) is 9.30. The quantitative estimate of drug-likeness (QED) is 0.240. The molecule has 0 saturated carbocycles. The van der Waals surface area contributed by atoms with Gasteiger partial charge in [0.2, 0.25) is 0 Å². The number of nitrogens with one attached hydrogen (secondary N) is 1. The van der Waals surface area contributed by atoms with Crippen molar-refractivity contribution in [3.05, 3.63) is 82.2 Å². The summed E-state index contributed by atoms with van der Waals surface area (Å²) in [5.41, 5.74) is 3.22. The van der Waals surface area contributed by atoms with Crippen molar-refractivity contribution in [1.82, 2.24) is 10.4 Å². The number of carbonyl (C=O) groups excluding carboxylic acids is 2. The number of benzene rings is 3. The van der Waals surface area contributed by atoms with Crippen LogP contribution in [0, 0.1) is 0 Å². The molecule has 1 saturated heterocycles. The summed E-state index contributed by atoms with van der Waals surface area (Å²) in [6.45, 7) is 0. The minimum Gasteiger partial charge on any atom is -0.504 e. The van der Waals surface area contributed by atoms with Crippen molar-refractivity contribution < 1.29 is 24.2 Å². The minimum atomic E-state index is -0.875. The molecule has 2 N–H and O–H groups in total. The normalized spacial score (nSPS) is 17.2. The largest absolute Gasteiger partial charge is 0.504 e. The van der Waals surface area contributed by atoms with Crippen LogP contribution in [-0.2, 0) is 4.79 Å². The third kappa shape index (κ3) is 4.25. The zero-order chi connectivity index (χ0) is 24.7. The number of thiophene rings is 1. The molecule has 1 aliphatic rings. The number of β-lactam (4-membered cyclic amide) rings is 1. The molecule has 178 valence electrons. The molecule has 0 aliphatic carbocycles. The number of amides is 2. The number of aromatic hydroxyl groups is 1. The highest BCUT2D eigenvalue weighted by Crippen LogP contribution is 2.42. The first-order chi connectivity index (χ1) is 16.9. The van der Waals surface area contributed by atoms with E-state index < -0.39 is 23.2 Å². The van der Waals surface area contributed by atoms with Gasteiger partial charge in [0.05, 0.1) is 12.1 Å². The highest BCUT2D eigenvalue weighted by molar-refractivity contribution is 7.21. The second-order valence-electron chi connectivity index (χ2n) is 7.75. The van der Waals surface area contributed by atoms with Crippen LogP contribution in [-0.4, -0.2) is 34.4 Å². The van der Waals surface area contributed by atoms with E-state index >= 15 is 0 Å². The number of hydrogen-bond acceptors (Lipinski definition) is 6. The number of phenols is 1. The Labute approximate surface area is 214 Å². The van der Waals surface area contributed by atoms with E-state index in [1.807, 2.05) is 36.4 Å². The molecule has 0 spiro atoms. The predicted molar refractivity (Wildman–Crippen MR) is 135 cm³/mol. The highest BCUT2D eigenvalue weighted by Gasteiger charge is 2.48. The Balaban J connectivity index is 1.38. The van der Waals surface area contributed by atoms with Crippen molar-refractivity contribution in [3.8, 4) is 23.0 Å². The molecule has 2 unspecified atom stereocenters. The van der Waals surface area contributed by atoms with Gasteiger partial charge in [-0.05, 0) is 48.0 Å². The second-order valence-corrected chi connectivity index (χ2v) is 9.65. The van der Waals surface area contributed by atoms with Crippen LogP contribution in [0.4, 0.5) is 0 Å². The van der Waals surface area contributed by atoms with Gasteiger partial charge in [-0.2, -0.15) is 0 Å². The van der Waals surface area contributed by atoms with Crippen molar-refractivity contribution >= 4 is 56.4 Å². The fraction of sp³-hybridized carbons (Fsp3) is 0.120. The molecule has 0 radical (unpaired) electrons. The summed E-state index contributed by atoms with van der Waals surface area (Å²) >= 11 is 14.0. The lowest BCUT2D eigenvalue weighted by Gasteiger charge is -2.43. The predicted octanol–water partition coefficient (Wildman–Crippen LogP) is 5.90. The zero-order valence-corrected chi connectivity index (χ0v) is 20.5.